The second kappa shape index (κ2) is 5.34. The van der Waals surface area contributed by atoms with Gasteiger partial charge in [0.15, 0.2) is 0 Å². The number of nitrogens with two attached hydrogens (primary N) is 1. The van der Waals surface area contributed by atoms with E-state index in [0.29, 0.717) is 6.61 Å². The summed E-state index contributed by atoms with van der Waals surface area (Å²) in [6.07, 6.45) is 0. The zero-order chi connectivity index (χ0) is 12.3. The minimum atomic E-state index is -0.00626. The molecule has 2 rings (SSSR count). The molecule has 1 atom stereocenters. The number of ether oxygens (including phenoxy) is 1. The molecule has 2 N–H and O–H groups in total. The maximum absolute atomic E-state index is 5.95. The van der Waals surface area contributed by atoms with Crippen LogP contribution in [0.3, 0.4) is 0 Å². The molecular formula is C14H17NOS. The topological polar surface area (TPSA) is 35.2 Å². The van der Waals surface area contributed by atoms with Crippen LogP contribution in [-0.4, -0.2) is 0 Å². The number of thiophene rings is 1. The minimum Gasteiger partial charge on any atom is -0.488 e. The predicted molar refractivity (Wildman–Crippen MR) is 72.4 cm³/mol. The molecule has 90 valence electrons. The Morgan fingerprint density at radius 1 is 1.35 bits per heavy atom. The van der Waals surface area contributed by atoms with Crippen molar-refractivity contribution >= 4 is 11.3 Å². The first-order valence-electron chi connectivity index (χ1n) is 5.68. The SMILES string of the molecule is Cc1ccc(OCc2cccs2)c([C@H](C)N)c1. The summed E-state index contributed by atoms with van der Waals surface area (Å²) < 4.78 is 5.83. The molecule has 0 radical (unpaired) electrons. The van der Waals surface area contributed by atoms with E-state index in [2.05, 4.69) is 30.5 Å². The minimum absolute atomic E-state index is 0.00626. The third-order valence-corrected chi connectivity index (χ3v) is 3.46. The Morgan fingerprint density at radius 2 is 2.18 bits per heavy atom. The van der Waals surface area contributed by atoms with Crippen molar-refractivity contribution in [2.75, 3.05) is 0 Å². The summed E-state index contributed by atoms with van der Waals surface area (Å²) in [5.41, 5.74) is 8.23. The lowest BCUT2D eigenvalue weighted by atomic mass is 10.1. The van der Waals surface area contributed by atoms with Crippen LogP contribution in [0.2, 0.25) is 0 Å². The van der Waals surface area contributed by atoms with Crippen LogP contribution < -0.4 is 10.5 Å². The van der Waals surface area contributed by atoms with Gasteiger partial charge in [-0.05, 0) is 31.4 Å². The van der Waals surface area contributed by atoms with Crippen LogP contribution >= 0.6 is 11.3 Å². The number of rotatable bonds is 4. The summed E-state index contributed by atoms with van der Waals surface area (Å²) in [6, 6.07) is 10.2. The lowest BCUT2D eigenvalue weighted by Crippen LogP contribution is -2.08. The van der Waals surface area contributed by atoms with E-state index in [1.807, 2.05) is 19.1 Å². The fourth-order valence-corrected chi connectivity index (χ4v) is 2.31. The fourth-order valence-electron chi connectivity index (χ4n) is 1.70. The monoisotopic (exact) mass is 247 g/mol. The molecule has 0 amide bonds. The maximum atomic E-state index is 5.95. The first-order valence-corrected chi connectivity index (χ1v) is 6.56. The molecule has 0 unspecified atom stereocenters. The molecule has 0 aliphatic carbocycles. The Hall–Kier alpha value is -1.32. The third-order valence-electron chi connectivity index (χ3n) is 2.61. The van der Waals surface area contributed by atoms with Crippen LogP contribution in [0.4, 0.5) is 0 Å². The van der Waals surface area contributed by atoms with Crippen molar-refractivity contribution in [3.05, 3.63) is 51.7 Å². The number of hydrogen-bond acceptors (Lipinski definition) is 3. The van der Waals surface area contributed by atoms with Crippen molar-refractivity contribution in [1.82, 2.24) is 0 Å². The average Bonchev–Trinajstić information content (AvgIpc) is 2.80. The summed E-state index contributed by atoms with van der Waals surface area (Å²) in [5, 5.41) is 2.06. The molecule has 2 nitrogen and oxygen atoms in total. The standard InChI is InChI=1S/C14H17NOS/c1-10-5-6-14(13(8-10)11(2)15)16-9-12-4-3-7-17-12/h3-8,11H,9,15H2,1-2H3/t11-/m0/s1. The summed E-state index contributed by atoms with van der Waals surface area (Å²) >= 11 is 1.70. The maximum Gasteiger partial charge on any atom is 0.124 e. The van der Waals surface area contributed by atoms with Crippen LogP contribution in [-0.2, 0) is 6.61 Å². The number of hydrogen-bond donors (Lipinski definition) is 1. The first kappa shape index (κ1) is 12.1. The quantitative estimate of drug-likeness (QED) is 0.895. The van der Waals surface area contributed by atoms with Crippen molar-refractivity contribution in [2.24, 2.45) is 5.73 Å². The largest absolute Gasteiger partial charge is 0.488 e. The Balaban J connectivity index is 2.14. The second-order valence-electron chi connectivity index (χ2n) is 4.20. The molecule has 17 heavy (non-hydrogen) atoms. The Morgan fingerprint density at radius 3 is 2.82 bits per heavy atom. The molecule has 0 aliphatic rings. The van der Waals surface area contributed by atoms with Gasteiger partial charge in [0.25, 0.3) is 0 Å². The third kappa shape index (κ3) is 3.08. The van der Waals surface area contributed by atoms with E-state index >= 15 is 0 Å². The van der Waals surface area contributed by atoms with Gasteiger partial charge in [0.2, 0.25) is 0 Å². The fraction of sp³-hybridized carbons (Fsp3) is 0.286. The van der Waals surface area contributed by atoms with Crippen molar-refractivity contribution in [3.63, 3.8) is 0 Å². The van der Waals surface area contributed by atoms with Gasteiger partial charge in [-0.1, -0.05) is 23.8 Å². The molecule has 3 heteroatoms. The highest BCUT2D eigenvalue weighted by Gasteiger charge is 2.08. The average molecular weight is 247 g/mol. The van der Waals surface area contributed by atoms with Crippen LogP contribution in [0.15, 0.2) is 35.7 Å². The second-order valence-corrected chi connectivity index (χ2v) is 5.23. The zero-order valence-corrected chi connectivity index (χ0v) is 11.0. The van der Waals surface area contributed by atoms with E-state index in [9.17, 15) is 0 Å². The summed E-state index contributed by atoms with van der Waals surface area (Å²) in [7, 11) is 0. The van der Waals surface area contributed by atoms with E-state index in [1.165, 1.54) is 10.4 Å². The van der Waals surface area contributed by atoms with Gasteiger partial charge in [0.05, 0.1) is 0 Å². The lowest BCUT2D eigenvalue weighted by Gasteiger charge is -2.14. The molecule has 0 fully saturated rings. The summed E-state index contributed by atoms with van der Waals surface area (Å²) in [6.45, 7) is 4.65. The number of aryl methyl sites for hydroxylation is 1. The van der Waals surface area contributed by atoms with E-state index in [4.69, 9.17) is 10.5 Å². The van der Waals surface area contributed by atoms with E-state index in [0.717, 1.165) is 11.3 Å². The van der Waals surface area contributed by atoms with Crippen molar-refractivity contribution < 1.29 is 4.74 Å². The van der Waals surface area contributed by atoms with E-state index in [1.54, 1.807) is 11.3 Å². The van der Waals surface area contributed by atoms with Crippen molar-refractivity contribution in [1.29, 1.82) is 0 Å². The molecule has 1 aromatic heterocycles. The van der Waals surface area contributed by atoms with Gasteiger partial charge in [-0.3, -0.25) is 0 Å². The molecule has 0 bridgehead atoms. The summed E-state index contributed by atoms with van der Waals surface area (Å²) in [5.74, 6) is 0.888. The van der Waals surface area contributed by atoms with Crippen LogP contribution in [0.25, 0.3) is 0 Å². The van der Waals surface area contributed by atoms with Crippen molar-refractivity contribution in [3.8, 4) is 5.75 Å². The highest BCUT2D eigenvalue weighted by atomic mass is 32.1. The van der Waals surface area contributed by atoms with Crippen LogP contribution in [0.5, 0.6) is 5.75 Å². The van der Waals surface area contributed by atoms with Gasteiger partial charge in [-0.2, -0.15) is 0 Å². The van der Waals surface area contributed by atoms with E-state index < -0.39 is 0 Å². The molecule has 1 heterocycles. The smallest absolute Gasteiger partial charge is 0.124 e. The molecular weight excluding hydrogens is 230 g/mol. The van der Waals surface area contributed by atoms with Crippen molar-refractivity contribution in [2.45, 2.75) is 26.5 Å². The highest BCUT2D eigenvalue weighted by molar-refractivity contribution is 7.09. The summed E-state index contributed by atoms with van der Waals surface area (Å²) in [4.78, 5) is 1.22. The normalized spacial score (nSPS) is 12.4. The molecule has 1 aromatic carbocycles. The molecule has 0 spiro atoms. The predicted octanol–water partition coefficient (Wildman–Crippen LogP) is 3.66. The molecule has 0 aliphatic heterocycles. The molecule has 0 saturated heterocycles. The lowest BCUT2D eigenvalue weighted by molar-refractivity contribution is 0.305. The highest BCUT2D eigenvalue weighted by Crippen LogP contribution is 2.26. The van der Waals surface area contributed by atoms with Crippen LogP contribution in [0.1, 0.15) is 29.0 Å². The Bertz CT molecular complexity index is 477. The Labute approximate surface area is 106 Å². The van der Waals surface area contributed by atoms with E-state index in [-0.39, 0.29) is 6.04 Å². The van der Waals surface area contributed by atoms with Gasteiger partial charge in [-0.15, -0.1) is 11.3 Å². The first-order chi connectivity index (χ1) is 8.16. The molecule has 2 aromatic rings. The van der Waals surface area contributed by atoms with Gasteiger partial charge in [0.1, 0.15) is 12.4 Å². The number of benzene rings is 1. The van der Waals surface area contributed by atoms with Gasteiger partial charge in [0, 0.05) is 16.5 Å². The van der Waals surface area contributed by atoms with Crippen LogP contribution in [0, 0.1) is 6.92 Å². The van der Waals surface area contributed by atoms with Gasteiger partial charge in [-0.25, -0.2) is 0 Å². The van der Waals surface area contributed by atoms with Gasteiger partial charge < -0.3 is 10.5 Å². The van der Waals surface area contributed by atoms with Gasteiger partial charge >= 0.3 is 0 Å². The Kier molecular flexibility index (Phi) is 3.82. The zero-order valence-electron chi connectivity index (χ0n) is 10.1. The molecule has 0 saturated carbocycles.